The Morgan fingerprint density at radius 1 is 1.43 bits per heavy atom. The van der Waals surface area contributed by atoms with E-state index in [1.165, 1.54) is 16.7 Å². The highest BCUT2D eigenvalue weighted by Gasteiger charge is 2.37. The molecule has 0 aliphatic heterocycles. The molecule has 3 rings (SSSR count). The van der Waals surface area contributed by atoms with Crippen LogP contribution in [0, 0.1) is 11.5 Å². The number of aromatic hydroxyl groups is 1. The first kappa shape index (κ1) is 20.7. The molecule has 0 atom stereocenters. The van der Waals surface area contributed by atoms with Crippen LogP contribution in [0.25, 0.3) is 0 Å². The van der Waals surface area contributed by atoms with Gasteiger partial charge in [0, 0.05) is 18.5 Å². The molecule has 1 saturated carbocycles. The van der Waals surface area contributed by atoms with E-state index >= 15 is 0 Å². The average Bonchev–Trinajstić information content (AvgIpc) is 3.43. The van der Waals surface area contributed by atoms with Gasteiger partial charge in [-0.15, -0.1) is 11.3 Å². The Kier molecular flexibility index (Phi) is 6.02. The second-order valence-corrected chi connectivity index (χ2v) is 9.79. The van der Waals surface area contributed by atoms with Crippen LogP contribution >= 0.6 is 34.5 Å². The van der Waals surface area contributed by atoms with Crippen molar-refractivity contribution in [1.29, 1.82) is 5.26 Å². The Morgan fingerprint density at radius 3 is 2.79 bits per heavy atom. The SMILES string of the molecule is CN(C1CC1)S(=O)(=O)c1scc(NC(=Nc2cccc(Cl)c2Cl)NC#N)c1O. The van der Waals surface area contributed by atoms with Crippen molar-refractivity contribution in [1.82, 2.24) is 9.62 Å². The third-order valence-electron chi connectivity index (χ3n) is 4.00. The fraction of sp³-hybridized carbons (Fsp3) is 0.250. The highest BCUT2D eigenvalue weighted by Crippen LogP contribution is 2.41. The van der Waals surface area contributed by atoms with Crippen LogP contribution in [-0.2, 0) is 10.0 Å². The van der Waals surface area contributed by atoms with Crippen LogP contribution in [0.15, 0.2) is 32.8 Å². The number of hydrogen-bond donors (Lipinski definition) is 3. The third kappa shape index (κ3) is 4.19. The van der Waals surface area contributed by atoms with Gasteiger partial charge in [-0.1, -0.05) is 29.3 Å². The topological polar surface area (TPSA) is 118 Å². The molecular formula is C16H15Cl2N5O3S2. The predicted molar refractivity (Wildman–Crippen MR) is 110 cm³/mol. The number of sulfonamides is 1. The maximum absolute atomic E-state index is 12.7. The molecule has 0 spiro atoms. The molecule has 0 unspecified atom stereocenters. The highest BCUT2D eigenvalue weighted by molar-refractivity contribution is 7.91. The number of hydrogen-bond acceptors (Lipinski definition) is 6. The van der Waals surface area contributed by atoms with Gasteiger partial charge in [0.2, 0.25) is 5.96 Å². The van der Waals surface area contributed by atoms with E-state index in [0.29, 0.717) is 0 Å². The number of benzene rings is 1. The van der Waals surface area contributed by atoms with E-state index in [9.17, 15) is 13.5 Å². The molecule has 1 heterocycles. The summed E-state index contributed by atoms with van der Waals surface area (Å²) >= 11 is 12.9. The van der Waals surface area contributed by atoms with E-state index < -0.39 is 15.8 Å². The van der Waals surface area contributed by atoms with Crippen molar-refractivity contribution < 1.29 is 13.5 Å². The summed E-state index contributed by atoms with van der Waals surface area (Å²) < 4.78 is 26.4. The number of anilines is 1. The van der Waals surface area contributed by atoms with Gasteiger partial charge in [-0.25, -0.2) is 13.4 Å². The lowest BCUT2D eigenvalue weighted by atomic mass is 10.3. The molecule has 12 heteroatoms. The quantitative estimate of drug-likeness (QED) is 0.271. The van der Waals surface area contributed by atoms with Gasteiger partial charge in [-0.2, -0.15) is 9.57 Å². The van der Waals surface area contributed by atoms with Gasteiger partial charge in [0.1, 0.15) is 0 Å². The molecule has 0 saturated heterocycles. The minimum Gasteiger partial charge on any atom is -0.504 e. The summed E-state index contributed by atoms with van der Waals surface area (Å²) in [5.74, 6) is -0.499. The Bertz CT molecular complexity index is 1070. The molecule has 1 aromatic heterocycles. The summed E-state index contributed by atoms with van der Waals surface area (Å²) in [5.41, 5.74) is 0.378. The van der Waals surface area contributed by atoms with Crippen LogP contribution in [0.4, 0.5) is 11.4 Å². The minimum atomic E-state index is -3.81. The van der Waals surface area contributed by atoms with Crippen LogP contribution < -0.4 is 10.6 Å². The van der Waals surface area contributed by atoms with Crippen molar-refractivity contribution in [2.45, 2.75) is 23.1 Å². The molecule has 1 aromatic carbocycles. The van der Waals surface area contributed by atoms with Crippen LogP contribution in [-0.4, -0.2) is 36.9 Å². The zero-order chi connectivity index (χ0) is 20.5. The minimum absolute atomic E-state index is 0.0368. The normalized spacial score (nSPS) is 14.8. The average molecular weight is 460 g/mol. The summed E-state index contributed by atoms with van der Waals surface area (Å²) in [4.78, 5) is 4.18. The smallest absolute Gasteiger partial charge is 0.256 e. The molecule has 1 aliphatic rings. The zero-order valence-electron chi connectivity index (χ0n) is 14.5. The zero-order valence-corrected chi connectivity index (χ0v) is 17.6. The number of halogens is 2. The fourth-order valence-electron chi connectivity index (χ4n) is 2.34. The second kappa shape index (κ2) is 8.14. The Hall–Kier alpha value is -2.03. The Balaban J connectivity index is 1.91. The summed E-state index contributed by atoms with van der Waals surface area (Å²) in [7, 11) is -2.32. The van der Waals surface area contributed by atoms with E-state index in [4.69, 9.17) is 28.5 Å². The van der Waals surface area contributed by atoms with Gasteiger partial charge in [-0.05, 0) is 25.0 Å². The maximum Gasteiger partial charge on any atom is 0.256 e. The molecule has 0 amide bonds. The van der Waals surface area contributed by atoms with Gasteiger partial charge in [-0.3, -0.25) is 5.32 Å². The third-order valence-corrected chi connectivity index (χ3v) is 8.21. The highest BCUT2D eigenvalue weighted by atomic mass is 35.5. The molecule has 0 bridgehead atoms. The van der Waals surface area contributed by atoms with E-state index in [2.05, 4.69) is 15.6 Å². The lowest BCUT2D eigenvalue weighted by Crippen LogP contribution is -2.28. The molecule has 3 N–H and O–H groups in total. The number of nitrogens with one attached hydrogen (secondary N) is 2. The van der Waals surface area contributed by atoms with Gasteiger partial charge >= 0.3 is 0 Å². The van der Waals surface area contributed by atoms with E-state index in [1.54, 1.807) is 24.4 Å². The molecule has 8 nitrogen and oxygen atoms in total. The molecule has 2 aromatic rings. The fourth-order valence-corrected chi connectivity index (χ4v) is 5.50. The first-order valence-electron chi connectivity index (χ1n) is 7.99. The number of nitriles is 1. The van der Waals surface area contributed by atoms with Crippen LogP contribution in [0.3, 0.4) is 0 Å². The summed E-state index contributed by atoms with van der Waals surface area (Å²) in [5, 5.41) is 26.3. The Morgan fingerprint density at radius 2 is 2.14 bits per heavy atom. The van der Waals surface area contributed by atoms with Crippen molar-refractivity contribution in [3.63, 3.8) is 0 Å². The second-order valence-electron chi connectivity index (χ2n) is 5.93. The lowest BCUT2D eigenvalue weighted by Gasteiger charge is -2.15. The van der Waals surface area contributed by atoms with E-state index in [0.717, 1.165) is 24.2 Å². The molecule has 0 radical (unpaired) electrons. The van der Waals surface area contributed by atoms with Gasteiger partial charge in [0.05, 0.1) is 21.4 Å². The van der Waals surface area contributed by atoms with Crippen molar-refractivity contribution >= 4 is 61.9 Å². The monoisotopic (exact) mass is 459 g/mol. The first-order valence-corrected chi connectivity index (χ1v) is 11.1. The molecule has 28 heavy (non-hydrogen) atoms. The maximum atomic E-state index is 12.7. The van der Waals surface area contributed by atoms with Crippen LogP contribution in [0.2, 0.25) is 10.0 Å². The number of guanidine groups is 1. The molecule has 148 valence electrons. The Labute approximate surface area is 176 Å². The van der Waals surface area contributed by atoms with Crippen LogP contribution in [0.5, 0.6) is 5.75 Å². The van der Waals surface area contributed by atoms with Crippen molar-refractivity contribution in [3.05, 3.63) is 33.6 Å². The van der Waals surface area contributed by atoms with Crippen molar-refractivity contribution in [2.24, 2.45) is 4.99 Å². The molecule has 1 fully saturated rings. The predicted octanol–water partition coefficient (Wildman–Crippen LogP) is 3.71. The summed E-state index contributed by atoms with van der Waals surface area (Å²) in [6.45, 7) is 0. The standard InChI is InChI=1S/C16H15Cl2N5O3S2/c1-23(9-5-6-9)28(25,26)15-14(24)12(7-27-15)22-16(20-8-19)21-11-4-2-3-10(17)13(11)18/h2-4,7,9,24H,5-6H2,1H3,(H2,20,21,22). The van der Waals surface area contributed by atoms with E-state index in [-0.39, 0.29) is 37.6 Å². The van der Waals surface area contributed by atoms with Gasteiger partial charge < -0.3 is 10.4 Å². The van der Waals surface area contributed by atoms with E-state index in [1.807, 2.05) is 0 Å². The molecule has 1 aliphatic carbocycles. The van der Waals surface area contributed by atoms with Crippen LogP contribution in [0.1, 0.15) is 12.8 Å². The van der Waals surface area contributed by atoms with Crippen molar-refractivity contribution in [3.8, 4) is 11.9 Å². The lowest BCUT2D eigenvalue weighted by molar-refractivity contribution is 0.445. The van der Waals surface area contributed by atoms with Gasteiger partial charge in [0.15, 0.2) is 16.2 Å². The number of thiophene rings is 1. The largest absolute Gasteiger partial charge is 0.504 e. The first-order chi connectivity index (χ1) is 13.3. The summed E-state index contributed by atoms with van der Waals surface area (Å²) in [6, 6.07) is 4.78. The molecular weight excluding hydrogens is 445 g/mol. The van der Waals surface area contributed by atoms with Crippen molar-refractivity contribution in [2.75, 3.05) is 12.4 Å². The number of nitrogens with zero attached hydrogens (tertiary/aromatic N) is 3. The number of rotatable bonds is 5. The number of aliphatic imine (C=N–C) groups is 1. The van der Waals surface area contributed by atoms with Gasteiger partial charge in [0.25, 0.3) is 10.0 Å². The summed E-state index contributed by atoms with van der Waals surface area (Å²) in [6.07, 6.45) is 3.32.